The Labute approximate surface area is 113 Å². The van der Waals surface area contributed by atoms with E-state index in [0.717, 1.165) is 10.0 Å². The van der Waals surface area contributed by atoms with Crippen molar-refractivity contribution in [2.75, 3.05) is 6.54 Å². The second-order valence-corrected chi connectivity index (χ2v) is 5.72. The number of benzene rings is 1. The number of carboxylic acid groups (broad SMARTS) is 1. The van der Waals surface area contributed by atoms with Gasteiger partial charge in [-0.25, -0.2) is 0 Å². The van der Waals surface area contributed by atoms with Gasteiger partial charge in [-0.2, -0.15) is 0 Å². The molecule has 1 N–H and O–H groups in total. The number of likely N-dealkylation sites (tertiary alicyclic amines) is 1. The summed E-state index contributed by atoms with van der Waals surface area (Å²) in [5.41, 5.74) is 1.05. The highest BCUT2D eigenvalue weighted by Gasteiger charge is 2.65. The van der Waals surface area contributed by atoms with E-state index < -0.39 is 11.9 Å². The van der Waals surface area contributed by atoms with E-state index in [4.69, 9.17) is 5.11 Å². The third-order valence-corrected chi connectivity index (χ3v) is 4.57. The van der Waals surface area contributed by atoms with E-state index in [9.17, 15) is 9.59 Å². The molecule has 1 aromatic rings. The Kier molecular flexibility index (Phi) is 2.66. The Balaban J connectivity index is 1.70. The predicted octanol–water partition coefficient (Wildman–Crippen LogP) is 1.74. The summed E-state index contributed by atoms with van der Waals surface area (Å²) in [7, 11) is 0. The fourth-order valence-electron chi connectivity index (χ4n) is 2.80. The van der Waals surface area contributed by atoms with Crippen LogP contribution in [0.25, 0.3) is 0 Å². The minimum atomic E-state index is -0.834. The van der Waals surface area contributed by atoms with Crippen LogP contribution < -0.4 is 0 Å². The fourth-order valence-corrected chi connectivity index (χ4v) is 3.21. The molecule has 0 bridgehead atoms. The van der Waals surface area contributed by atoms with Gasteiger partial charge in [-0.15, -0.1) is 0 Å². The fraction of sp³-hybridized carbons (Fsp3) is 0.385. The number of nitrogens with zero attached hydrogens (tertiary/aromatic N) is 1. The first-order chi connectivity index (χ1) is 8.59. The smallest absolute Gasteiger partial charge is 0.307 e. The lowest BCUT2D eigenvalue weighted by Gasteiger charge is -2.20. The van der Waals surface area contributed by atoms with E-state index in [2.05, 4.69) is 15.9 Å². The summed E-state index contributed by atoms with van der Waals surface area (Å²) in [5.74, 6) is -1.53. The van der Waals surface area contributed by atoms with Gasteiger partial charge in [-0.3, -0.25) is 9.59 Å². The molecular weight excluding hydrogens is 298 g/mol. The number of hydrogen-bond acceptors (Lipinski definition) is 2. The third-order valence-electron chi connectivity index (χ3n) is 3.80. The molecule has 5 heteroatoms. The summed E-state index contributed by atoms with van der Waals surface area (Å²) in [6.07, 6.45) is 0. The summed E-state index contributed by atoms with van der Waals surface area (Å²) in [4.78, 5) is 24.6. The molecule has 0 spiro atoms. The van der Waals surface area contributed by atoms with Crippen LogP contribution in [-0.4, -0.2) is 28.4 Å². The Hall–Kier alpha value is -1.36. The van der Waals surface area contributed by atoms with E-state index in [0.29, 0.717) is 13.1 Å². The molecule has 1 amide bonds. The number of amides is 1. The molecule has 3 rings (SSSR count). The van der Waals surface area contributed by atoms with Gasteiger partial charge in [-0.1, -0.05) is 34.1 Å². The maximum Gasteiger partial charge on any atom is 0.307 e. The van der Waals surface area contributed by atoms with Crippen LogP contribution in [0.2, 0.25) is 0 Å². The van der Waals surface area contributed by atoms with Crippen LogP contribution in [0.4, 0.5) is 0 Å². The number of aliphatic carboxylic acids is 1. The minimum Gasteiger partial charge on any atom is -0.481 e. The molecule has 1 aliphatic carbocycles. The Morgan fingerprint density at radius 2 is 2.17 bits per heavy atom. The Morgan fingerprint density at radius 1 is 1.44 bits per heavy atom. The van der Waals surface area contributed by atoms with Crippen molar-refractivity contribution in [1.82, 2.24) is 4.90 Å². The van der Waals surface area contributed by atoms with Crippen molar-refractivity contribution >= 4 is 27.8 Å². The lowest BCUT2D eigenvalue weighted by atomic mass is 10.2. The Bertz CT molecular complexity index is 531. The van der Waals surface area contributed by atoms with Gasteiger partial charge in [0.05, 0.1) is 11.8 Å². The summed E-state index contributed by atoms with van der Waals surface area (Å²) in [6.45, 7) is 1.13. The van der Waals surface area contributed by atoms with E-state index in [1.165, 1.54) is 0 Å². The summed E-state index contributed by atoms with van der Waals surface area (Å²) >= 11 is 3.45. The van der Waals surface area contributed by atoms with E-state index in [-0.39, 0.29) is 17.7 Å². The van der Waals surface area contributed by atoms with Gasteiger partial charge in [0.25, 0.3) is 0 Å². The van der Waals surface area contributed by atoms with Crippen molar-refractivity contribution in [2.45, 2.75) is 6.54 Å². The molecule has 4 nitrogen and oxygen atoms in total. The largest absolute Gasteiger partial charge is 0.481 e. The second kappa shape index (κ2) is 4.09. The van der Waals surface area contributed by atoms with Gasteiger partial charge < -0.3 is 10.0 Å². The first-order valence-corrected chi connectivity index (χ1v) is 6.64. The zero-order valence-corrected chi connectivity index (χ0v) is 11.1. The van der Waals surface area contributed by atoms with Gasteiger partial charge >= 0.3 is 5.97 Å². The molecule has 0 radical (unpaired) electrons. The van der Waals surface area contributed by atoms with Crippen LogP contribution >= 0.6 is 15.9 Å². The summed E-state index contributed by atoms with van der Waals surface area (Å²) < 4.78 is 0.980. The SMILES string of the molecule is O=C(O)C1C2CN(Cc3ccccc3Br)C(=O)C21. The van der Waals surface area contributed by atoms with Gasteiger partial charge in [0.15, 0.2) is 0 Å². The number of fused-ring (bicyclic) bond motifs is 1. The van der Waals surface area contributed by atoms with Crippen LogP contribution in [0.3, 0.4) is 0 Å². The molecule has 1 aliphatic heterocycles. The lowest BCUT2D eigenvalue weighted by molar-refractivity contribution is -0.143. The molecule has 3 unspecified atom stereocenters. The first kappa shape index (κ1) is 11.7. The quantitative estimate of drug-likeness (QED) is 0.925. The number of carbonyl (C=O) groups excluding carboxylic acids is 1. The van der Waals surface area contributed by atoms with Crippen molar-refractivity contribution < 1.29 is 14.7 Å². The zero-order valence-electron chi connectivity index (χ0n) is 9.54. The minimum absolute atomic E-state index is 0.0110. The molecule has 1 saturated carbocycles. The van der Waals surface area contributed by atoms with Crippen LogP contribution in [0.1, 0.15) is 5.56 Å². The summed E-state index contributed by atoms with van der Waals surface area (Å²) in [6, 6.07) is 7.77. The number of hydrogen-bond donors (Lipinski definition) is 1. The van der Waals surface area contributed by atoms with Crippen molar-refractivity contribution in [3.05, 3.63) is 34.3 Å². The Morgan fingerprint density at radius 3 is 2.72 bits per heavy atom. The van der Waals surface area contributed by atoms with Crippen molar-refractivity contribution in [1.29, 1.82) is 0 Å². The van der Waals surface area contributed by atoms with E-state index in [1.54, 1.807) is 4.90 Å². The number of rotatable bonds is 3. The van der Waals surface area contributed by atoms with Crippen LogP contribution in [0.15, 0.2) is 28.7 Å². The maximum absolute atomic E-state index is 12.0. The van der Waals surface area contributed by atoms with Gasteiger partial charge in [-0.05, 0) is 11.6 Å². The zero-order chi connectivity index (χ0) is 12.9. The highest BCUT2D eigenvalue weighted by Crippen LogP contribution is 2.52. The molecule has 3 atom stereocenters. The molecule has 0 aromatic heterocycles. The highest BCUT2D eigenvalue weighted by atomic mass is 79.9. The van der Waals surface area contributed by atoms with Gasteiger partial charge in [0.2, 0.25) is 5.91 Å². The van der Waals surface area contributed by atoms with Crippen molar-refractivity contribution in [3.8, 4) is 0 Å². The molecule has 1 heterocycles. The van der Waals surface area contributed by atoms with E-state index >= 15 is 0 Å². The van der Waals surface area contributed by atoms with E-state index in [1.807, 2.05) is 24.3 Å². The molecule has 1 aromatic carbocycles. The number of carboxylic acids is 1. The van der Waals surface area contributed by atoms with Gasteiger partial charge in [0.1, 0.15) is 0 Å². The first-order valence-electron chi connectivity index (χ1n) is 5.84. The average Bonchev–Trinajstić information content (AvgIpc) is 2.96. The van der Waals surface area contributed by atoms with Crippen LogP contribution in [0, 0.1) is 17.8 Å². The third kappa shape index (κ3) is 1.73. The molecule has 1 saturated heterocycles. The number of halogens is 1. The van der Waals surface area contributed by atoms with Crippen molar-refractivity contribution in [2.24, 2.45) is 17.8 Å². The normalized spacial score (nSPS) is 29.3. The van der Waals surface area contributed by atoms with Crippen LogP contribution in [-0.2, 0) is 16.1 Å². The number of carbonyl (C=O) groups is 2. The van der Waals surface area contributed by atoms with Crippen LogP contribution in [0.5, 0.6) is 0 Å². The topological polar surface area (TPSA) is 57.6 Å². The molecular formula is C13H12BrNO3. The summed E-state index contributed by atoms with van der Waals surface area (Å²) in [5, 5.41) is 8.92. The monoisotopic (exact) mass is 309 g/mol. The van der Waals surface area contributed by atoms with Gasteiger partial charge in [0, 0.05) is 23.5 Å². The highest BCUT2D eigenvalue weighted by molar-refractivity contribution is 9.10. The second-order valence-electron chi connectivity index (χ2n) is 4.86. The predicted molar refractivity (Wildman–Crippen MR) is 67.7 cm³/mol. The molecule has 2 aliphatic rings. The average molecular weight is 310 g/mol. The lowest BCUT2D eigenvalue weighted by Crippen LogP contribution is -2.31. The molecule has 2 fully saturated rings. The maximum atomic E-state index is 12.0. The van der Waals surface area contributed by atoms with Crippen molar-refractivity contribution in [3.63, 3.8) is 0 Å². The number of piperidine rings is 1. The molecule has 18 heavy (non-hydrogen) atoms. The molecule has 94 valence electrons. The standard InChI is InChI=1S/C13H12BrNO3/c14-9-4-2-1-3-7(9)5-15-6-8-10(12(15)16)11(8)13(17)18/h1-4,8,10-11H,5-6H2,(H,17,18).